The Kier molecular flexibility index (Phi) is 4.83. The molecule has 0 saturated heterocycles. The highest BCUT2D eigenvalue weighted by Gasteiger charge is 2.21. The maximum atomic E-state index is 11.3. The molecule has 138 valence electrons. The van der Waals surface area contributed by atoms with E-state index in [0.29, 0.717) is 30.2 Å². The molecule has 0 amide bonds. The van der Waals surface area contributed by atoms with Crippen LogP contribution in [0.15, 0.2) is 54.2 Å². The molecule has 27 heavy (non-hydrogen) atoms. The SMILES string of the molecule is C=CCn1c(SCc2cc([N+](=O)[O-])cc3c2OCOC3)nc2ccccc21. The average Bonchev–Trinajstić information content (AvgIpc) is 3.04. The highest BCUT2D eigenvalue weighted by molar-refractivity contribution is 7.98. The van der Waals surface area contributed by atoms with Crippen molar-refractivity contribution in [2.75, 3.05) is 6.79 Å². The maximum absolute atomic E-state index is 11.3. The Morgan fingerprint density at radius 1 is 1.37 bits per heavy atom. The van der Waals surface area contributed by atoms with Crippen molar-refractivity contribution in [1.82, 2.24) is 9.55 Å². The van der Waals surface area contributed by atoms with Crippen molar-refractivity contribution in [3.63, 3.8) is 0 Å². The molecule has 0 spiro atoms. The number of nitrogens with zero attached hydrogens (tertiary/aromatic N) is 3. The van der Waals surface area contributed by atoms with Gasteiger partial charge in [-0.25, -0.2) is 4.98 Å². The molecule has 7 nitrogen and oxygen atoms in total. The maximum Gasteiger partial charge on any atom is 0.270 e. The Morgan fingerprint density at radius 3 is 3.04 bits per heavy atom. The molecule has 0 atom stereocenters. The minimum atomic E-state index is -0.393. The van der Waals surface area contributed by atoms with Gasteiger partial charge in [-0.05, 0) is 12.1 Å². The summed E-state index contributed by atoms with van der Waals surface area (Å²) in [6, 6.07) is 11.0. The fourth-order valence-corrected chi connectivity index (χ4v) is 4.10. The van der Waals surface area contributed by atoms with Gasteiger partial charge >= 0.3 is 0 Å². The molecular weight excluding hydrogens is 366 g/mol. The molecule has 8 heteroatoms. The summed E-state index contributed by atoms with van der Waals surface area (Å²) >= 11 is 1.52. The molecule has 0 bridgehead atoms. The number of para-hydroxylation sites is 2. The minimum Gasteiger partial charge on any atom is -0.467 e. The molecule has 1 aliphatic rings. The van der Waals surface area contributed by atoms with Crippen molar-refractivity contribution in [3.05, 3.63) is 70.3 Å². The summed E-state index contributed by atoms with van der Waals surface area (Å²) in [5, 5.41) is 12.1. The number of allylic oxidation sites excluding steroid dienone is 1. The van der Waals surface area contributed by atoms with Crippen molar-refractivity contribution >= 4 is 28.5 Å². The molecule has 0 unspecified atom stereocenters. The van der Waals surface area contributed by atoms with E-state index in [1.807, 2.05) is 30.3 Å². The lowest BCUT2D eigenvalue weighted by Crippen LogP contribution is -2.13. The third-order valence-corrected chi connectivity index (χ3v) is 5.30. The van der Waals surface area contributed by atoms with Crippen molar-refractivity contribution < 1.29 is 14.4 Å². The fraction of sp³-hybridized carbons (Fsp3) is 0.211. The largest absolute Gasteiger partial charge is 0.467 e. The zero-order valence-electron chi connectivity index (χ0n) is 14.5. The Hall–Kier alpha value is -2.84. The predicted octanol–water partition coefficient (Wildman–Crippen LogP) is 4.29. The lowest BCUT2D eigenvalue weighted by Gasteiger charge is -2.20. The van der Waals surface area contributed by atoms with Gasteiger partial charge in [0.25, 0.3) is 5.69 Å². The van der Waals surface area contributed by atoms with Crippen molar-refractivity contribution in [1.29, 1.82) is 0 Å². The number of imidazole rings is 1. The number of ether oxygens (including phenoxy) is 2. The molecular formula is C19H17N3O4S. The highest BCUT2D eigenvalue weighted by atomic mass is 32.2. The number of nitro groups is 1. The van der Waals surface area contributed by atoms with E-state index in [2.05, 4.69) is 11.1 Å². The van der Waals surface area contributed by atoms with Gasteiger partial charge in [0.15, 0.2) is 11.9 Å². The Balaban J connectivity index is 1.68. The van der Waals surface area contributed by atoms with E-state index in [1.54, 1.807) is 6.07 Å². The molecule has 0 aliphatic carbocycles. The second-order valence-electron chi connectivity index (χ2n) is 6.03. The Bertz CT molecular complexity index is 1030. The minimum absolute atomic E-state index is 0.0399. The van der Waals surface area contributed by atoms with Crippen molar-refractivity contribution in [2.45, 2.75) is 24.1 Å². The van der Waals surface area contributed by atoms with Gasteiger partial charge in [0, 0.05) is 35.6 Å². The molecule has 0 N–H and O–H groups in total. The number of thioether (sulfide) groups is 1. The summed E-state index contributed by atoms with van der Waals surface area (Å²) in [4.78, 5) is 15.6. The van der Waals surface area contributed by atoms with Crippen LogP contribution in [0.25, 0.3) is 11.0 Å². The third kappa shape index (κ3) is 3.41. The summed E-state index contributed by atoms with van der Waals surface area (Å²) in [6.45, 7) is 4.92. The van der Waals surface area contributed by atoms with Gasteiger partial charge < -0.3 is 14.0 Å². The highest BCUT2D eigenvalue weighted by Crippen LogP contribution is 2.36. The summed E-state index contributed by atoms with van der Waals surface area (Å²) < 4.78 is 13.0. The number of nitro benzene ring substituents is 1. The first-order valence-corrected chi connectivity index (χ1v) is 9.35. The van der Waals surface area contributed by atoms with Gasteiger partial charge in [-0.3, -0.25) is 10.1 Å². The molecule has 0 saturated carbocycles. The first-order valence-electron chi connectivity index (χ1n) is 8.37. The van der Waals surface area contributed by atoms with E-state index >= 15 is 0 Å². The molecule has 2 heterocycles. The van der Waals surface area contributed by atoms with E-state index in [4.69, 9.17) is 14.5 Å². The molecule has 0 fully saturated rings. The van der Waals surface area contributed by atoms with Gasteiger partial charge in [-0.1, -0.05) is 30.0 Å². The monoisotopic (exact) mass is 383 g/mol. The van der Waals surface area contributed by atoms with Crippen LogP contribution >= 0.6 is 11.8 Å². The number of hydrogen-bond donors (Lipinski definition) is 0. The van der Waals surface area contributed by atoms with E-state index in [1.165, 1.54) is 17.8 Å². The second kappa shape index (κ2) is 7.42. The van der Waals surface area contributed by atoms with Crippen molar-refractivity contribution in [3.8, 4) is 5.75 Å². The normalized spacial score (nSPS) is 13.2. The van der Waals surface area contributed by atoms with Crippen LogP contribution in [0.3, 0.4) is 0 Å². The average molecular weight is 383 g/mol. The van der Waals surface area contributed by atoms with E-state index < -0.39 is 4.92 Å². The number of benzene rings is 2. The summed E-state index contributed by atoms with van der Waals surface area (Å²) in [5.41, 5.74) is 3.45. The lowest BCUT2D eigenvalue weighted by atomic mass is 10.1. The van der Waals surface area contributed by atoms with Crippen LogP contribution in [-0.4, -0.2) is 21.3 Å². The summed E-state index contributed by atoms with van der Waals surface area (Å²) in [5.74, 6) is 1.18. The van der Waals surface area contributed by atoms with Crippen LogP contribution in [0.4, 0.5) is 5.69 Å². The Morgan fingerprint density at radius 2 is 2.22 bits per heavy atom. The fourth-order valence-electron chi connectivity index (χ4n) is 3.10. The first kappa shape index (κ1) is 17.6. The van der Waals surface area contributed by atoms with E-state index in [0.717, 1.165) is 21.8 Å². The first-order chi connectivity index (χ1) is 13.2. The van der Waals surface area contributed by atoms with Gasteiger partial charge in [0.1, 0.15) is 5.75 Å². The smallest absolute Gasteiger partial charge is 0.270 e. The van der Waals surface area contributed by atoms with E-state index in [9.17, 15) is 10.1 Å². The summed E-state index contributed by atoms with van der Waals surface area (Å²) in [6.07, 6.45) is 1.83. The number of aromatic nitrogens is 2. The van der Waals surface area contributed by atoms with Crippen LogP contribution in [0.2, 0.25) is 0 Å². The molecule has 1 aliphatic heterocycles. The van der Waals surface area contributed by atoms with Crippen LogP contribution in [0, 0.1) is 10.1 Å². The predicted molar refractivity (Wildman–Crippen MR) is 103 cm³/mol. The molecule has 2 aromatic carbocycles. The number of rotatable bonds is 6. The van der Waals surface area contributed by atoms with Crippen LogP contribution in [0.1, 0.15) is 11.1 Å². The standard InChI is InChI=1S/C19H17N3O4S/c1-2-7-21-17-6-4-3-5-16(17)20-19(21)27-11-14-9-15(22(23)24)8-13-10-25-12-26-18(13)14/h2-6,8-9H,1,7,10-12H2. The zero-order valence-corrected chi connectivity index (χ0v) is 15.3. The third-order valence-electron chi connectivity index (χ3n) is 4.27. The van der Waals surface area contributed by atoms with Gasteiger partial charge in [-0.2, -0.15) is 0 Å². The number of fused-ring (bicyclic) bond motifs is 2. The van der Waals surface area contributed by atoms with Crippen LogP contribution in [-0.2, 0) is 23.6 Å². The molecule has 3 aromatic rings. The van der Waals surface area contributed by atoms with Crippen LogP contribution in [0.5, 0.6) is 5.75 Å². The topological polar surface area (TPSA) is 79.4 Å². The Labute approximate surface area is 159 Å². The quantitative estimate of drug-likeness (QED) is 0.273. The zero-order chi connectivity index (χ0) is 18.8. The molecule has 4 rings (SSSR count). The van der Waals surface area contributed by atoms with Gasteiger partial charge in [0.2, 0.25) is 0 Å². The van der Waals surface area contributed by atoms with Crippen molar-refractivity contribution in [2.24, 2.45) is 0 Å². The van der Waals surface area contributed by atoms with Gasteiger partial charge in [-0.15, -0.1) is 6.58 Å². The number of non-ortho nitro benzene ring substituents is 1. The molecule has 0 radical (unpaired) electrons. The van der Waals surface area contributed by atoms with Gasteiger partial charge in [0.05, 0.1) is 22.6 Å². The number of hydrogen-bond acceptors (Lipinski definition) is 6. The lowest BCUT2D eigenvalue weighted by molar-refractivity contribution is -0.385. The van der Waals surface area contributed by atoms with E-state index in [-0.39, 0.29) is 12.5 Å². The summed E-state index contributed by atoms with van der Waals surface area (Å²) in [7, 11) is 0. The molecule has 1 aromatic heterocycles. The van der Waals surface area contributed by atoms with Crippen LogP contribution < -0.4 is 4.74 Å². The second-order valence-corrected chi connectivity index (χ2v) is 6.97.